The van der Waals surface area contributed by atoms with E-state index in [0.29, 0.717) is 28.5 Å². The van der Waals surface area contributed by atoms with Crippen molar-refractivity contribution in [3.8, 4) is 11.5 Å². The minimum Gasteiger partial charge on any atom is -0.497 e. The zero-order valence-electron chi connectivity index (χ0n) is 16.9. The highest BCUT2D eigenvalue weighted by Gasteiger charge is 2.16. The average molecular weight is 418 g/mol. The Labute approximate surface area is 177 Å². The van der Waals surface area contributed by atoms with Crippen molar-refractivity contribution in [1.82, 2.24) is 29.7 Å². The highest BCUT2D eigenvalue weighted by atomic mass is 19.1. The van der Waals surface area contributed by atoms with Crippen LogP contribution in [0.15, 0.2) is 60.9 Å². The Morgan fingerprint density at radius 3 is 2.87 bits per heavy atom. The number of hydrogen-bond donors (Lipinski definition) is 0. The lowest BCUT2D eigenvalue weighted by atomic mass is 10.1. The standard InChI is InChI=1S/C22H19FN6O2/c1-28-10-8-14(11-20(28)23)17-5-6-21-25-26-22(29(21)27-17)13-31-19-7-9-24-18-12-15(30-2)3-4-16(18)19/h3-12,20H,13H2,1-2H3. The molecule has 0 radical (unpaired) electrons. The van der Waals surface area contributed by atoms with Crippen LogP contribution in [0.25, 0.3) is 22.1 Å². The lowest BCUT2D eigenvalue weighted by Gasteiger charge is -2.21. The number of aromatic nitrogens is 5. The molecule has 8 nitrogen and oxygen atoms in total. The van der Waals surface area contributed by atoms with Gasteiger partial charge in [-0.05, 0) is 42.5 Å². The Morgan fingerprint density at radius 2 is 2.03 bits per heavy atom. The summed E-state index contributed by atoms with van der Waals surface area (Å²) in [5, 5.41) is 13.8. The second-order valence-corrected chi connectivity index (χ2v) is 7.06. The molecule has 1 unspecified atom stereocenters. The third-order valence-electron chi connectivity index (χ3n) is 5.09. The van der Waals surface area contributed by atoms with Crippen LogP contribution >= 0.6 is 0 Å². The molecule has 31 heavy (non-hydrogen) atoms. The summed E-state index contributed by atoms with van der Waals surface area (Å²) in [4.78, 5) is 5.85. The van der Waals surface area contributed by atoms with Crippen LogP contribution in [0.3, 0.4) is 0 Å². The molecule has 1 aliphatic heterocycles. The fraction of sp³-hybridized carbons (Fsp3) is 0.182. The Morgan fingerprint density at radius 1 is 1.13 bits per heavy atom. The number of alkyl halides is 1. The molecule has 3 aromatic heterocycles. The molecule has 0 amide bonds. The largest absolute Gasteiger partial charge is 0.497 e. The van der Waals surface area contributed by atoms with Crippen molar-refractivity contribution in [2.45, 2.75) is 12.9 Å². The fourth-order valence-corrected chi connectivity index (χ4v) is 3.35. The van der Waals surface area contributed by atoms with Gasteiger partial charge in [-0.3, -0.25) is 4.98 Å². The number of rotatable bonds is 5. The molecular weight excluding hydrogens is 399 g/mol. The van der Waals surface area contributed by atoms with Gasteiger partial charge in [-0.15, -0.1) is 10.2 Å². The van der Waals surface area contributed by atoms with E-state index in [1.165, 1.54) is 11.0 Å². The van der Waals surface area contributed by atoms with Gasteiger partial charge in [0.1, 0.15) is 18.1 Å². The van der Waals surface area contributed by atoms with Gasteiger partial charge in [0.05, 0.1) is 18.3 Å². The Hall–Kier alpha value is -4.01. The first-order valence-corrected chi connectivity index (χ1v) is 9.66. The first kappa shape index (κ1) is 19.0. The Bertz CT molecular complexity index is 1330. The molecule has 9 heteroatoms. The van der Waals surface area contributed by atoms with Gasteiger partial charge in [-0.2, -0.15) is 9.61 Å². The van der Waals surface area contributed by atoms with Crippen LogP contribution in [0, 0.1) is 0 Å². The van der Waals surface area contributed by atoms with Gasteiger partial charge in [0.2, 0.25) is 0 Å². The highest BCUT2D eigenvalue weighted by Crippen LogP contribution is 2.28. The second-order valence-electron chi connectivity index (χ2n) is 7.06. The lowest BCUT2D eigenvalue weighted by Crippen LogP contribution is -2.22. The predicted octanol–water partition coefficient (Wildman–Crippen LogP) is 3.40. The zero-order valence-corrected chi connectivity index (χ0v) is 16.9. The van der Waals surface area contributed by atoms with Crippen LogP contribution in [0.4, 0.5) is 4.39 Å². The summed E-state index contributed by atoms with van der Waals surface area (Å²) in [6.45, 7) is 0.159. The third kappa shape index (κ3) is 3.54. The van der Waals surface area contributed by atoms with E-state index in [-0.39, 0.29) is 6.61 Å². The summed E-state index contributed by atoms with van der Waals surface area (Å²) in [5.41, 5.74) is 2.68. The number of benzene rings is 1. The molecule has 5 rings (SSSR count). The van der Waals surface area contributed by atoms with Gasteiger partial charge < -0.3 is 14.4 Å². The number of allylic oxidation sites excluding steroid dienone is 2. The van der Waals surface area contributed by atoms with Gasteiger partial charge in [0.15, 0.2) is 17.8 Å². The second kappa shape index (κ2) is 7.67. The number of methoxy groups -OCH3 is 1. The number of nitrogens with zero attached hydrogens (tertiary/aromatic N) is 6. The normalized spacial score (nSPS) is 16.0. The maximum absolute atomic E-state index is 14.0. The number of pyridine rings is 1. The van der Waals surface area contributed by atoms with Crippen molar-refractivity contribution in [2.75, 3.05) is 14.2 Å². The molecule has 156 valence electrons. The summed E-state index contributed by atoms with van der Waals surface area (Å²) in [6.07, 6.45) is 5.52. The van der Waals surface area contributed by atoms with E-state index in [0.717, 1.165) is 16.7 Å². The molecular formula is C22H19FN6O2. The molecule has 0 saturated heterocycles. The van der Waals surface area contributed by atoms with Crippen LogP contribution in [0.1, 0.15) is 11.5 Å². The minimum atomic E-state index is -1.19. The van der Waals surface area contributed by atoms with Gasteiger partial charge in [0, 0.05) is 36.5 Å². The maximum atomic E-state index is 14.0. The van der Waals surface area contributed by atoms with Crippen LogP contribution in [-0.4, -0.2) is 50.1 Å². The van der Waals surface area contributed by atoms with E-state index in [2.05, 4.69) is 20.3 Å². The molecule has 1 aliphatic rings. The Kier molecular flexibility index (Phi) is 4.70. The average Bonchev–Trinajstić information content (AvgIpc) is 3.21. The molecule has 4 heterocycles. The molecule has 0 fully saturated rings. The third-order valence-corrected chi connectivity index (χ3v) is 5.09. The topological polar surface area (TPSA) is 77.7 Å². The molecule has 0 N–H and O–H groups in total. The van der Waals surface area contributed by atoms with E-state index >= 15 is 0 Å². The summed E-state index contributed by atoms with van der Waals surface area (Å²) >= 11 is 0. The van der Waals surface area contributed by atoms with Gasteiger partial charge in [-0.25, -0.2) is 4.39 Å². The molecule has 1 atom stereocenters. The van der Waals surface area contributed by atoms with Gasteiger partial charge in [-0.1, -0.05) is 0 Å². The smallest absolute Gasteiger partial charge is 0.192 e. The zero-order chi connectivity index (χ0) is 21.4. The molecule has 4 aromatic rings. The van der Waals surface area contributed by atoms with E-state index in [1.54, 1.807) is 49.3 Å². The summed E-state index contributed by atoms with van der Waals surface area (Å²) < 4.78 is 26.9. The van der Waals surface area contributed by atoms with Crippen LogP contribution in [0.2, 0.25) is 0 Å². The molecule has 0 bridgehead atoms. The number of halogens is 1. The van der Waals surface area contributed by atoms with E-state index in [9.17, 15) is 4.39 Å². The first-order chi connectivity index (χ1) is 15.1. The van der Waals surface area contributed by atoms with Crippen molar-refractivity contribution in [3.63, 3.8) is 0 Å². The summed E-state index contributed by atoms with van der Waals surface area (Å²) in [7, 11) is 3.30. The van der Waals surface area contributed by atoms with Crippen LogP contribution in [-0.2, 0) is 6.61 Å². The number of hydrogen-bond acceptors (Lipinski definition) is 7. The number of likely N-dealkylation sites (N-methyl/N-ethyl adjacent to an activating group) is 1. The maximum Gasteiger partial charge on any atom is 0.192 e. The minimum absolute atomic E-state index is 0.159. The number of ether oxygens (including phenoxy) is 2. The summed E-state index contributed by atoms with van der Waals surface area (Å²) in [6, 6.07) is 11.0. The first-order valence-electron chi connectivity index (χ1n) is 9.66. The van der Waals surface area contributed by atoms with Crippen molar-refractivity contribution >= 4 is 22.1 Å². The fourth-order valence-electron chi connectivity index (χ4n) is 3.35. The molecule has 0 spiro atoms. The van der Waals surface area contributed by atoms with Crippen molar-refractivity contribution in [2.24, 2.45) is 0 Å². The van der Waals surface area contributed by atoms with E-state index < -0.39 is 6.30 Å². The monoisotopic (exact) mass is 418 g/mol. The Balaban J connectivity index is 1.43. The molecule has 1 aromatic carbocycles. The molecule has 0 aliphatic carbocycles. The number of fused-ring (bicyclic) bond motifs is 2. The highest BCUT2D eigenvalue weighted by molar-refractivity contribution is 5.85. The quantitative estimate of drug-likeness (QED) is 0.460. The van der Waals surface area contributed by atoms with Crippen molar-refractivity contribution in [1.29, 1.82) is 0 Å². The van der Waals surface area contributed by atoms with Crippen LogP contribution in [0.5, 0.6) is 11.5 Å². The van der Waals surface area contributed by atoms with E-state index in [1.807, 2.05) is 24.3 Å². The summed E-state index contributed by atoms with van der Waals surface area (Å²) in [5.74, 6) is 1.93. The van der Waals surface area contributed by atoms with E-state index in [4.69, 9.17) is 9.47 Å². The van der Waals surface area contributed by atoms with Crippen LogP contribution < -0.4 is 9.47 Å². The lowest BCUT2D eigenvalue weighted by molar-refractivity contribution is 0.208. The molecule has 0 saturated carbocycles. The predicted molar refractivity (Wildman–Crippen MR) is 113 cm³/mol. The van der Waals surface area contributed by atoms with Crippen molar-refractivity contribution < 1.29 is 13.9 Å². The van der Waals surface area contributed by atoms with Crippen molar-refractivity contribution in [3.05, 3.63) is 72.5 Å². The van der Waals surface area contributed by atoms with Gasteiger partial charge >= 0.3 is 0 Å². The SMILES string of the molecule is COc1ccc2c(OCc3nnc4ccc(C5=CC(F)N(C)C=C5)nn34)ccnc2c1. The van der Waals surface area contributed by atoms with Gasteiger partial charge in [0.25, 0.3) is 0 Å².